The van der Waals surface area contributed by atoms with Crippen molar-refractivity contribution < 1.29 is 9.53 Å². The van der Waals surface area contributed by atoms with E-state index in [0.29, 0.717) is 11.7 Å². The van der Waals surface area contributed by atoms with Gasteiger partial charge in [0.15, 0.2) is 11.0 Å². The third-order valence-corrected chi connectivity index (χ3v) is 6.27. The highest BCUT2D eigenvalue weighted by molar-refractivity contribution is 8.00. The molecule has 1 aromatic heterocycles. The summed E-state index contributed by atoms with van der Waals surface area (Å²) in [4.78, 5) is 12.8. The van der Waals surface area contributed by atoms with Gasteiger partial charge in [0, 0.05) is 17.1 Å². The maximum absolute atomic E-state index is 12.8. The Hall–Kier alpha value is -3.78. The third kappa shape index (κ3) is 5.77. The van der Waals surface area contributed by atoms with Crippen LogP contribution in [0.15, 0.2) is 84.0 Å². The third-order valence-electron chi connectivity index (χ3n) is 5.23. The molecule has 0 aliphatic carbocycles. The number of aryl methyl sites for hydroxylation is 1. The lowest BCUT2D eigenvalue weighted by Gasteiger charge is -2.15. The second kappa shape index (κ2) is 10.9. The van der Waals surface area contributed by atoms with E-state index in [4.69, 9.17) is 4.74 Å². The van der Waals surface area contributed by atoms with Crippen LogP contribution in [0.25, 0.3) is 5.69 Å². The number of nitrogens with zero attached hydrogens (tertiary/aromatic N) is 3. The summed E-state index contributed by atoms with van der Waals surface area (Å²) in [6.07, 6.45) is 0. The van der Waals surface area contributed by atoms with E-state index in [1.807, 2.05) is 85.1 Å². The second-order valence-corrected chi connectivity index (χ2v) is 9.08. The second-order valence-electron chi connectivity index (χ2n) is 7.77. The number of ether oxygens (including phenoxy) is 1. The number of thioether (sulfide) groups is 1. The number of benzene rings is 3. The fourth-order valence-corrected chi connectivity index (χ4v) is 4.20. The lowest BCUT2D eigenvalue weighted by Crippen LogP contribution is -2.23. The molecule has 0 bridgehead atoms. The Kier molecular flexibility index (Phi) is 7.49. The van der Waals surface area contributed by atoms with Crippen molar-refractivity contribution in [1.29, 1.82) is 0 Å². The molecule has 2 N–H and O–H groups in total. The molecule has 0 radical (unpaired) electrons. The maximum Gasteiger partial charge on any atom is 0.237 e. The maximum atomic E-state index is 12.8. The van der Waals surface area contributed by atoms with Crippen LogP contribution in [0.5, 0.6) is 5.75 Å². The highest BCUT2D eigenvalue weighted by atomic mass is 32.2. The van der Waals surface area contributed by atoms with E-state index in [1.54, 1.807) is 7.11 Å². The molecule has 174 valence electrons. The highest BCUT2D eigenvalue weighted by Crippen LogP contribution is 2.27. The summed E-state index contributed by atoms with van der Waals surface area (Å²) in [5.41, 5.74) is 3.83. The van der Waals surface area contributed by atoms with E-state index >= 15 is 0 Å². The Balaban J connectivity index is 1.54. The van der Waals surface area contributed by atoms with Crippen molar-refractivity contribution in [3.8, 4) is 11.4 Å². The topological polar surface area (TPSA) is 81.1 Å². The smallest absolute Gasteiger partial charge is 0.237 e. The first-order valence-electron chi connectivity index (χ1n) is 11.0. The average Bonchev–Trinajstić information content (AvgIpc) is 3.26. The Bertz CT molecular complexity index is 1220. The van der Waals surface area contributed by atoms with Crippen molar-refractivity contribution in [1.82, 2.24) is 14.8 Å². The Morgan fingerprint density at radius 3 is 2.35 bits per heavy atom. The molecule has 34 heavy (non-hydrogen) atoms. The summed E-state index contributed by atoms with van der Waals surface area (Å²) < 4.78 is 7.22. The van der Waals surface area contributed by atoms with Crippen LogP contribution in [0.1, 0.15) is 18.3 Å². The van der Waals surface area contributed by atoms with E-state index in [0.717, 1.165) is 28.6 Å². The molecule has 0 aliphatic heterocycles. The molecule has 0 fully saturated rings. The zero-order valence-corrected chi connectivity index (χ0v) is 20.2. The number of nitrogens with one attached hydrogen (secondary N) is 2. The number of hydrogen-bond donors (Lipinski definition) is 2. The van der Waals surface area contributed by atoms with Crippen molar-refractivity contribution >= 4 is 29.0 Å². The first-order chi connectivity index (χ1) is 16.5. The van der Waals surface area contributed by atoms with E-state index in [1.165, 1.54) is 17.3 Å². The number of methoxy groups -OCH3 is 1. The first kappa shape index (κ1) is 23.4. The number of carbonyl (C=O) groups is 1. The Morgan fingerprint density at radius 2 is 1.68 bits per heavy atom. The molecule has 0 spiro atoms. The molecular formula is C26H27N5O2S. The Morgan fingerprint density at radius 1 is 0.971 bits per heavy atom. The predicted molar refractivity (Wildman–Crippen MR) is 137 cm³/mol. The zero-order chi connectivity index (χ0) is 23.9. The van der Waals surface area contributed by atoms with Crippen LogP contribution in [-0.2, 0) is 11.3 Å². The SMILES string of the molecule is COc1ccc(NCc2nnc(S[C@H](C)C(=O)Nc3ccccc3)n2-c2ccc(C)cc2)cc1. The summed E-state index contributed by atoms with van der Waals surface area (Å²) in [5, 5.41) is 15.5. The summed E-state index contributed by atoms with van der Waals surface area (Å²) in [6, 6.07) is 25.3. The lowest BCUT2D eigenvalue weighted by atomic mass is 10.2. The summed E-state index contributed by atoms with van der Waals surface area (Å²) in [7, 11) is 1.65. The fraction of sp³-hybridized carbons (Fsp3) is 0.192. The predicted octanol–water partition coefficient (Wildman–Crippen LogP) is 5.32. The number of carbonyl (C=O) groups excluding carboxylic acids is 1. The molecule has 4 aromatic rings. The van der Waals surface area contributed by atoms with Crippen molar-refractivity contribution in [3.63, 3.8) is 0 Å². The van der Waals surface area contributed by atoms with Crippen molar-refractivity contribution in [2.24, 2.45) is 0 Å². The van der Waals surface area contributed by atoms with E-state index in [2.05, 4.69) is 33.0 Å². The van der Waals surface area contributed by atoms with Gasteiger partial charge in [0.1, 0.15) is 5.75 Å². The van der Waals surface area contributed by atoms with Crippen LogP contribution < -0.4 is 15.4 Å². The molecule has 0 saturated carbocycles. The summed E-state index contributed by atoms with van der Waals surface area (Å²) in [5.74, 6) is 1.46. The number of para-hydroxylation sites is 1. The minimum Gasteiger partial charge on any atom is -0.497 e. The van der Waals surface area contributed by atoms with Crippen molar-refractivity contribution in [2.75, 3.05) is 17.7 Å². The fourth-order valence-electron chi connectivity index (χ4n) is 3.31. The number of anilines is 2. The van der Waals surface area contributed by atoms with Gasteiger partial charge in [-0.25, -0.2) is 0 Å². The average molecular weight is 474 g/mol. The van der Waals surface area contributed by atoms with Crippen molar-refractivity contribution in [3.05, 3.63) is 90.3 Å². The molecule has 0 saturated heterocycles. The number of amides is 1. The quantitative estimate of drug-likeness (QED) is 0.321. The van der Waals surface area contributed by atoms with E-state index < -0.39 is 0 Å². The van der Waals surface area contributed by atoms with Crippen LogP contribution in [0, 0.1) is 6.92 Å². The highest BCUT2D eigenvalue weighted by Gasteiger charge is 2.21. The van der Waals surface area contributed by atoms with Gasteiger partial charge in [-0.2, -0.15) is 0 Å². The van der Waals surface area contributed by atoms with Crippen LogP contribution >= 0.6 is 11.8 Å². The molecule has 0 unspecified atom stereocenters. The van der Waals surface area contributed by atoms with Crippen LogP contribution in [0.2, 0.25) is 0 Å². The molecule has 1 amide bonds. The number of rotatable bonds is 9. The lowest BCUT2D eigenvalue weighted by molar-refractivity contribution is -0.115. The zero-order valence-electron chi connectivity index (χ0n) is 19.4. The van der Waals surface area contributed by atoms with Crippen LogP contribution in [0.3, 0.4) is 0 Å². The number of hydrogen-bond acceptors (Lipinski definition) is 6. The van der Waals surface area contributed by atoms with E-state index in [-0.39, 0.29) is 11.2 Å². The first-order valence-corrected chi connectivity index (χ1v) is 11.8. The minimum absolute atomic E-state index is 0.0902. The van der Waals surface area contributed by atoms with E-state index in [9.17, 15) is 4.79 Å². The normalized spacial score (nSPS) is 11.6. The van der Waals surface area contributed by atoms with Gasteiger partial charge in [0.05, 0.1) is 18.9 Å². The summed E-state index contributed by atoms with van der Waals surface area (Å²) >= 11 is 1.38. The molecule has 7 nitrogen and oxygen atoms in total. The van der Waals surface area contributed by atoms with Crippen molar-refractivity contribution in [2.45, 2.75) is 30.8 Å². The van der Waals surface area contributed by atoms with Gasteiger partial charge in [-0.3, -0.25) is 9.36 Å². The van der Waals surface area contributed by atoms with Gasteiger partial charge in [-0.15, -0.1) is 10.2 Å². The van der Waals surface area contributed by atoms with Gasteiger partial charge in [-0.1, -0.05) is 47.7 Å². The van der Waals surface area contributed by atoms with Gasteiger partial charge < -0.3 is 15.4 Å². The van der Waals surface area contributed by atoms with Gasteiger partial charge in [-0.05, 0) is 62.4 Å². The number of aromatic nitrogens is 3. The molecular weight excluding hydrogens is 446 g/mol. The molecule has 0 aliphatic rings. The Labute approximate surface area is 203 Å². The van der Waals surface area contributed by atoms with Gasteiger partial charge in [0.2, 0.25) is 5.91 Å². The van der Waals surface area contributed by atoms with Crippen LogP contribution in [0.4, 0.5) is 11.4 Å². The molecule has 1 heterocycles. The largest absolute Gasteiger partial charge is 0.497 e. The van der Waals surface area contributed by atoms with Crippen LogP contribution in [-0.4, -0.2) is 33.0 Å². The molecule has 1 atom stereocenters. The van der Waals surface area contributed by atoms with Gasteiger partial charge in [0.25, 0.3) is 0 Å². The molecule has 8 heteroatoms. The monoisotopic (exact) mass is 473 g/mol. The molecule has 4 rings (SSSR count). The molecule has 3 aromatic carbocycles. The van der Waals surface area contributed by atoms with Gasteiger partial charge >= 0.3 is 0 Å². The summed E-state index contributed by atoms with van der Waals surface area (Å²) in [6.45, 7) is 4.39. The standard InChI is InChI=1S/C26H27N5O2S/c1-18-9-13-22(14-10-18)31-24(17-27-20-11-15-23(33-3)16-12-20)29-30-26(31)34-19(2)25(32)28-21-7-5-4-6-8-21/h4-16,19,27H,17H2,1-3H3,(H,28,32)/t19-/m1/s1. The minimum atomic E-state index is -0.365.